The average Bonchev–Trinajstić information content (AvgIpc) is 3.10. The van der Waals surface area contributed by atoms with Crippen molar-refractivity contribution in [3.05, 3.63) is 11.6 Å². The molecule has 1 saturated heterocycles. The molecule has 3 fully saturated rings. The first kappa shape index (κ1) is 19.5. The minimum Gasteiger partial charge on any atom is -0.462 e. The minimum absolute atomic E-state index is 0.0797. The predicted molar refractivity (Wildman–Crippen MR) is 100.0 cm³/mol. The van der Waals surface area contributed by atoms with Crippen molar-refractivity contribution >= 4 is 17.9 Å². The summed E-state index contributed by atoms with van der Waals surface area (Å²) in [5, 5.41) is 0. The smallest absolute Gasteiger partial charge is 0.334 e. The Morgan fingerprint density at radius 1 is 1.25 bits per heavy atom. The first-order valence-corrected chi connectivity index (χ1v) is 10.4. The molecule has 2 aliphatic carbocycles. The lowest BCUT2D eigenvalue weighted by Crippen LogP contribution is -2.63. The fourth-order valence-electron chi connectivity index (χ4n) is 6.56. The summed E-state index contributed by atoms with van der Waals surface area (Å²) in [6, 6.07) is 0. The summed E-state index contributed by atoms with van der Waals surface area (Å²) in [7, 11) is 0. The molecule has 0 N–H and O–H groups in total. The van der Waals surface area contributed by atoms with Gasteiger partial charge in [0.15, 0.2) is 0 Å². The standard InChI is InChI=1S/C22H30O6/c1-13-7-11-22-16(5-6-17(20(22,3)4)27-14(2)23)21(13,19(25)28-22)10-8-15-9-12-26-18(15)24/h9,13,16-17H,5-8,10-12H2,1-4H3/t13-,16-,17-,21+,22+/m1/s1. The normalized spacial score (nSPS) is 41.0. The number of ether oxygens (including phenoxy) is 3. The van der Waals surface area contributed by atoms with Crippen molar-refractivity contribution in [2.75, 3.05) is 6.61 Å². The van der Waals surface area contributed by atoms with Gasteiger partial charge in [0.05, 0.1) is 5.41 Å². The van der Waals surface area contributed by atoms with E-state index in [-0.39, 0.29) is 35.8 Å². The largest absolute Gasteiger partial charge is 0.462 e. The summed E-state index contributed by atoms with van der Waals surface area (Å²) in [5.41, 5.74) is -0.977. The van der Waals surface area contributed by atoms with Crippen LogP contribution in [0.3, 0.4) is 0 Å². The summed E-state index contributed by atoms with van der Waals surface area (Å²) >= 11 is 0. The minimum atomic E-state index is -0.612. The van der Waals surface area contributed by atoms with E-state index in [0.717, 1.165) is 25.7 Å². The van der Waals surface area contributed by atoms with Gasteiger partial charge in [-0.3, -0.25) is 9.59 Å². The van der Waals surface area contributed by atoms with Crippen LogP contribution in [-0.2, 0) is 28.6 Å². The van der Waals surface area contributed by atoms with Crippen molar-refractivity contribution in [2.45, 2.75) is 77.9 Å². The topological polar surface area (TPSA) is 78.9 Å². The Balaban J connectivity index is 1.68. The van der Waals surface area contributed by atoms with Crippen LogP contribution >= 0.6 is 0 Å². The highest BCUT2D eigenvalue weighted by atomic mass is 16.6. The zero-order chi connectivity index (χ0) is 20.3. The molecule has 154 valence electrons. The maximum Gasteiger partial charge on any atom is 0.334 e. The second-order valence-corrected chi connectivity index (χ2v) is 9.54. The Bertz CT molecular complexity index is 752. The lowest BCUT2D eigenvalue weighted by Gasteiger charge is -2.58. The third kappa shape index (κ3) is 2.42. The zero-order valence-corrected chi connectivity index (χ0v) is 17.2. The van der Waals surface area contributed by atoms with Crippen LogP contribution in [0.5, 0.6) is 0 Å². The number of cyclic esters (lactones) is 1. The summed E-state index contributed by atoms with van der Waals surface area (Å²) in [6.07, 6.45) is 5.92. The van der Waals surface area contributed by atoms with E-state index >= 15 is 0 Å². The molecule has 2 heterocycles. The summed E-state index contributed by atoms with van der Waals surface area (Å²) < 4.78 is 16.9. The molecule has 2 aliphatic heterocycles. The lowest BCUT2D eigenvalue weighted by atomic mass is 9.46. The van der Waals surface area contributed by atoms with Gasteiger partial charge in [-0.25, -0.2) is 4.79 Å². The molecule has 0 amide bonds. The molecule has 0 unspecified atom stereocenters. The first-order chi connectivity index (χ1) is 13.1. The van der Waals surface area contributed by atoms with E-state index in [1.54, 1.807) is 0 Å². The number of hydrogen-bond acceptors (Lipinski definition) is 6. The van der Waals surface area contributed by atoms with Gasteiger partial charge in [0, 0.05) is 23.8 Å². The van der Waals surface area contributed by atoms with E-state index in [1.165, 1.54) is 6.92 Å². The van der Waals surface area contributed by atoms with E-state index in [9.17, 15) is 14.4 Å². The molecule has 0 spiro atoms. The fraction of sp³-hybridized carbons (Fsp3) is 0.773. The highest BCUT2D eigenvalue weighted by molar-refractivity contribution is 5.90. The third-order valence-corrected chi connectivity index (χ3v) is 8.20. The quantitative estimate of drug-likeness (QED) is 0.541. The Morgan fingerprint density at radius 2 is 2.00 bits per heavy atom. The number of hydrogen-bond donors (Lipinski definition) is 0. The summed E-state index contributed by atoms with van der Waals surface area (Å²) in [4.78, 5) is 36.9. The number of rotatable bonds is 4. The predicted octanol–water partition coefficient (Wildman–Crippen LogP) is 3.33. The van der Waals surface area contributed by atoms with Crippen LogP contribution in [0.4, 0.5) is 0 Å². The van der Waals surface area contributed by atoms with Crippen LogP contribution in [-0.4, -0.2) is 36.2 Å². The Morgan fingerprint density at radius 3 is 2.64 bits per heavy atom. The Kier molecular flexibility index (Phi) is 4.40. The van der Waals surface area contributed by atoms with Crippen LogP contribution in [0.1, 0.15) is 66.2 Å². The zero-order valence-electron chi connectivity index (χ0n) is 17.2. The Hall–Kier alpha value is -1.85. The van der Waals surface area contributed by atoms with Gasteiger partial charge in [-0.2, -0.15) is 0 Å². The van der Waals surface area contributed by atoms with Gasteiger partial charge < -0.3 is 14.2 Å². The number of carbonyl (C=O) groups excluding carboxylic acids is 3. The van der Waals surface area contributed by atoms with Gasteiger partial charge in [-0.05, 0) is 50.5 Å². The summed E-state index contributed by atoms with van der Waals surface area (Å²) in [6.45, 7) is 8.04. The molecule has 5 atom stereocenters. The van der Waals surface area contributed by atoms with Gasteiger partial charge in [0.2, 0.25) is 0 Å². The molecular formula is C22H30O6. The van der Waals surface area contributed by atoms with Crippen LogP contribution in [0.15, 0.2) is 11.6 Å². The molecule has 28 heavy (non-hydrogen) atoms. The van der Waals surface area contributed by atoms with Crippen molar-refractivity contribution in [3.63, 3.8) is 0 Å². The molecular weight excluding hydrogens is 360 g/mol. The molecule has 6 nitrogen and oxygen atoms in total. The van der Waals surface area contributed by atoms with E-state index in [4.69, 9.17) is 14.2 Å². The van der Waals surface area contributed by atoms with Gasteiger partial charge in [-0.1, -0.05) is 20.8 Å². The average molecular weight is 390 g/mol. The van der Waals surface area contributed by atoms with E-state index in [1.807, 2.05) is 6.08 Å². The van der Waals surface area contributed by atoms with Crippen molar-refractivity contribution in [3.8, 4) is 0 Å². The van der Waals surface area contributed by atoms with Crippen LogP contribution in [0.2, 0.25) is 0 Å². The fourth-order valence-corrected chi connectivity index (χ4v) is 6.56. The number of esters is 3. The van der Waals surface area contributed by atoms with Crippen molar-refractivity contribution in [1.29, 1.82) is 0 Å². The Labute approximate surface area is 166 Å². The molecule has 0 aromatic carbocycles. The van der Waals surface area contributed by atoms with Gasteiger partial charge in [0.25, 0.3) is 0 Å². The van der Waals surface area contributed by atoms with Crippen LogP contribution in [0.25, 0.3) is 0 Å². The van der Waals surface area contributed by atoms with Crippen molar-refractivity contribution in [2.24, 2.45) is 22.7 Å². The van der Waals surface area contributed by atoms with Gasteiger partial charge >= 0.3 is 17.9 Å². The van der Waals surface area contributed by atoms with Crippen molar-refractivity contribution < 1.29 is 28.6 Å². The second kappa shape index (κ2) is 6.33. The molecule has 2 saturated carbocycles. The number of carbonyl (C=O) groups is 3. The summed E-state index contributed by atoms with van der Waals surface area (Å²) in [5.74, 6) is -0.419. The van der Waals surface area contributed by atoms with E-state index < -0.39 is 16.4 Å². The maximum absolute atomic E-state index is 13.4. The molecule has 4 aliphatic rings. The third-order valence-electron chi connectivity index (χ3n) is 8.20. The van der Waals surface area contributed by atoms with Crippen LogP contribution in [0, 0.1) is 22.7 Å². The van der Waals surface area contributed by atoms with Crippen molar-refractivity contribution in [1.82, 2.24) is 0 Å². The monoisotopic (exact) mass is 390 g/mol. The molecule has 4 rings (SSSR count). The van der Waals surface area contributed by atoms with E-state index in [2.05, 4.69) is 20.8 Å². The van der Waals surface area contributed by atoms with Gasteiger partial charge in [-0.15, -0.1) is 0 Å². The molecule has 0 aromatic rings. The van der Waals surface area contributed by atoms with Crippen LogP contribution < -0.4 is 0 Å². The molecule has 2 bridgehead atoms. The lowest BCUT2D eigenvalue weighted by molar-refractivity contribution is -0.210. The molecule has 0 aromatic heterocycles. The highest BCUT2D eigenvalue weighted by Crippen LogP contribution is 2.69. The molecule has 0 radical (unpaired) electrons. The maximum atomic E-state index is 13.4. The first-order valence-electron chi connectivity index (χ1n) is 10.4. The second-order valence-electron chi connectivity index (χ2n) is 9.54. The molecule has 6 heteroatoms. The van der Waals surface area contributed by atoms with E-state index in [0.29, 0.717) is 25.0 Å². The van der Waals surface area contributed by atoms with Gasteiger partial charge in [0.1, 0.15) is 18.3 Å². The SMILES string of the molecule is CC(=O)O[C@@H]1CC[C@@H]2[C@@]3(CCC4=CCOC4=O)C(=O)O[C@]2(CC[C@H]3C)C1(C)C. The highest BCUT2D eigenvalue weighted by Gasteiger charge is 2.75.